The Bertz CT molecular complexity index is 1100. The number of fused-ring (bicyclic) bond motifs is 1. The molecule has 0 fully saturated rings. The first-order chi connectivity index (χ1) is 12.3. The van der Waals surface area contributed by atoms with Gasteiger partial charge in [-0.05, 0) is 24.3 Å². The van der Waals surface area contributed by atoms with Crippen LogP contribution in [0.25, 0.3) is 16.9 Å². The van der Waals surface area contributed by atoms with Gasteiger partial charge in [-0.3, -0.25) is 0 Å². The number of nitrogens with zero attached hydrogens (tertiary/aromatic N) is 5. The van der Waals surface area contributed by atoms with Gasteiger partial charge in [-0.15, -0.1) is 0 Å². The molecule has 0 amide bonds. The molecule has 5 nitrogen and oxygen atoms in total. The van der Waals surface area contributed by atoms with Gasteiger partial charge in [0, 0.05) is 5.56 Å². The minimum atomic E-state index is -4.80. The lowest BCUT2D eigenvalue weighted by Crippen LogP contribution is -2.14. The summed E-state index contributed by atoms with van der Waals surface area (Å²) in [7, 11) is 0. The molecular weight excluding hydrogens is 374 g/mol. The second-order valence-corrected chi connectivity index (χ2v) is 5.56. The van der Waals surface area contributed by atoms with Crippen molar-refractivity contribution in [1.82, 2.24) is 14.6 Å². The van der Waals surface area contributed by atoms with Crippen LogP contribution in [0, 0.1) is 28.5 Å². The van der Waals surface area contributed by atoms with E-state index >= 15 is 0 Å². The van der Waals surface area contributed by atoms with Crippen LogP contribution in [0.15, 0.2) is 24.3 Å². The molecule has 2 aromatic heterocycles. The summed E-state index contributed by atoms with van der Waals surface area (Å²) in [4.78, 5) is 4.05. The lowest BCUT2D eigenvalue weighted by atomic mass is 10.1. The van der Waals surface area contributed by atoms with Crippen LogP contribution in [0.4, 0.5) is 17.6 Å². The highest BCUT2D eigenvalue weighted by Crippen LogP contribution is 2.34. The third kappa shape index (κ3) is 2.93. The lowest BCUT2D eigenvalue weighted by Gasteiger charge is -2.11. The predicted molar refractivity (Wildman–Crippen MR) is 82.4 cm³/mol. The molecule has 3 aromatic rings. The zero-order valence-corrected chi connectivity index (χ0v) is 13.4. The van der Waals surface area contributed by atoms with E-state index in [1.165, 1.54) is 6.07 Å². The third-order valence-electron chi connectivity index (χ3n) is 3.53. The molecule has 0 spiro atoms. The van der Waals surface area contributed by atoms with Crippen molar-refractivity contribution in [3.05, 3.63) is 52.1 Å². The maximum absolute atomic E-state index is 13.5. The van der Waals surface area contributed by atoms with Crippen molar-refractivity contribution in [3.8, 4) is 23.4 Å². The number of aromatic nitrogens is 3. The van der Waals surface area contributed by atoms with E-state index < -0.39 is 17.7 Å². The number of rotatable bonds is 2. The third-order valence-corrected chi connectivity index (χ3v) is 3.82. The van der Waals surface area contributed by atoms with E-state index in [9.17, 15) is 22.8 Å². The first kappa shape index (κ1) is 17.6. The van der Waals surface area contributed by atoms with Crippen molar-refractivity contribution in [3.63, 3.8) is 0 Å². The average molecular weight is 380 g/mol. The number of hydrogen-bond acceptors (Lipinski definition) is 4. The largest absolute Gasteiger partial charge is 0.433 e. The van der Waals surface area contributed by atoms with Crippen LogP contribution in [0.3, 0.4) is 0 Å². The molecule has 130 valence electrons. The van der Waals surface area contributed by atoms with Crippen LogP contribution in [-0.2, 0) is 12.6 Å². The Hall–Kier alpha value is -3.17. The number of nitriles is 2. The second kappa shape index (κ2) is 6.28. The molecule has 0 aliphatic rings. The van der Waals surface area contributed by atoms with Crippen LogP contribution in [0.1, 0.15) is 17.0 Å². The molecular formula is C16H6ClF4N5. The van der Waals surface area contributed by atoms with Gasteiger partial charge in [0.2, 0.25) is 0 Å². The molecule has 2 heterocycles. The van der Waals surface area contributed by atoms with Crippen LogP contribution in [0.5, 0.6) is 0 Å². The van der Waals surface area contributed by atoms with Crippen LogP contribution >= 0.6 is 11.6 Å². The highest BCUT2D eigenvalue weighted by molar-refractivity contribution is 6.31. The standard InChI is InChI=1S/C16H6ClF4N5/c17-10-5-8(1-2-11(10)18)13-6-14(16(19,20)21)26-15(24-13)9(7-23)12(25-26)3-4-22/h1-2,5-6H,3H2. The van der Waals surface area contributed by atoms with E-state index in [2.05, 4.69) is 10.1 Å². The molecule has 10 heteroatoms. The van der Waals surface area contributed by atoms with E-state index in [0.29, 0.717) is 4.52 Å². The molecule has 0 unspecified atom stereocenters. The summed E-state index contributed by atoms with van der Waals surface area (Å²) < 4.78 is 54.2. The minimum Gasteiger partial charge on any atom is -0.227 e. The first-order valence-electron chi connectivity index (χ1n) is 6.98. The Morgan fingerprint density at radius 2 is 1.92 bits per heavy atom. The molecule has 0 aliphatic carbocycles. The quantitative estimate of drug-likeness (QED) is 0.627. The monoisotopic (exact) mass is 379 g/mol. The van der Waals surface area contributed by atoms with E-state index in [0.717, 1.165) is 18.2 Å². The maximum atomic E-state index is 13.5. The lowest BCUT2D eigenvalue weighted by molar-refractivity contribution is -0.142. The van der Waals surface area contributed by atoms with E-state index in [4.69, 9.17) is 16.9 Å². The Labute approximate surface area is 148 Å². The molecule has 1 aromatic carbocycles. The van der Waals surface area contributed by atoms with Gasteiger partial charge in [0.15, 0.2) is 11.3 Å². The molecule has 3 rings (SSSR count). The Morgan fingerprint density at radius 3 is 2.50 bits per heavy atom. The first-order valence-corrected chi connectivity index (χ1v) is 7.36. The fourth-order valence-electron chi connectivity index (χ4n) is 2.38. The van der Waals surface area contributed by atoms with Crippen molar-refractivity contribution >= 4 is 17.2 Å². The van der Waals surface area contributed by atoms with Gasteiger partial charge < -0.3 is 0 Å². The van der Waals surface area contributed by atoms with E-state index in [1.54, 1.807) is 12.1 Å². The van der Waals surface area contributed by atoms with Crippen molar-refractivity contribution in [1.29, 1.82) is 10.5 Å². The molecule has 0 aliphatic heterocycles. The second-order valence-electron chi connectivity index (χ2n) is 5.16. The van der Waals surface area contributed by atoms with Crippen LogP contribution in [-0.4, -0.2) is 14.6 Å². The average Bonchev–Trinajstić information content (AvgIpc) is 2.92. The van der Waals surface area contributed by atoms with Crippen molar-refractivity contribution in [2.24, 2.45) is 0 Å². The molecule has 26 heavy (non-hydrogen) atoms. The summed E-state index contributed by atoms with van der Waals surface area (Å²) in [6.07, 6.45) is -5.15. The number of alkyl halides is 3. The SMILES string of the molecule is N#CCc1nn2c(C(F)(F)F)cc(-c3ccc(F)c(Cl)c3)nc2c1C#N. The summed E-state index contributed by atoms with van der Waals surface area (Å²) in [6.45, 7) is 0. The maximum Gasteiger partial charge on any atom is 0.433 e. The van der Waals surface area contributed by atoms with Gasteiger partial charge in [-0.1, -0.05) is 11.6 Å². The topological polar surface area (TPSA) is 77.8 Å². The van der Waals surface area contributed by atoms with Gasteiger partial charge in [0.1, 0.15) is 17.4 Å². The molecule has 0 saturated heterocycles. The van der Waals surface area contributed by atoms with Crippen LogP contribution < -0.4 is 0 Å². The predicted octanol–water partition coefficient (Wildman–Crippen LogP) is 4.15. The Kier molecular flexibility index (Phi) is 4.26. The van der Waals surface area contributed by atoms with E-state index in [-0.39, 0.29) is 39.6 Å². The van der Waals surface area contributed by atoms with Gasteiger partial charge in [0.25, 0.3) is 0 Å². The van der Waals surface area contributed by atoms with Gasteiger partial charge in [-0.25, -0.2) is 13.9 Å². The molecule has 0 atom stereocenters. The number of benzene rings is 1. The van der Waals surface area contributed by atoms with Gasteiger partial charge >= 0.3 is 6.18 Å². The number of hydrogen-bond donors (Lipinski definition) is 0. The Morgan fingerprint density at radius 1 is 1.19 bits per heavy atom. The summed E-state index contributed by atoms with van der Waals surface area (Å²) >= 11 is 5.68. The highest BCUT2D eigenvalue weighted by atomic mass is 35.5. The zero-order chi connectivity index (χ0) is 19.1. The molecule has 0 saturated carbocycles. The Balaban J connectivity index is 2.37. The molecule has 0 radical (unpaired) electrons. The fourth-order valence-corrected chi connectivity index (χ4v) is 2.56. The number of halogens is 5. The van der Waals surface area contributed by atoms with Crippen molar-refractivity contribution in [2.75, 3.05) is 0 Å². The molecule has 0 N–H and O–H groups in total. The normalized spacial score (nSPS) is 11.3. The summed E-state index contributed by atoms with van der Waals surface area (Å²) in [5.41, 5.74) is -1.89. The van der Waals surface area contributed by atoms with Gasteiger partial charge in [-0.2, -0.15) is 28.8 Å². The smallest absolute Gasteiger partial charge is 0.227 e. The van der Waals surface area contributed by atoms with Crippen LogP contribution in [0.2, 0.25) is 5.02 Å². The molecule has 0 bridgehead atoms. The summed E-state index contributed by atoms with van der Waals surface area (Å²) in [6, 6.07) is 7.55. The van der Waals surface area contributed by atoms with Crippen molar-refractivity contribution in [2.45, 2.75) is 12.6 Å². The summed E-state index contributed by atoms with van der Waals surface area (Å²) in [5, 5.41) is 21.5. The fraction of sp³-hybridized carbons (Fsp3) is 0.125. The van der Waals surface area contributed by atoms with Crippen molar-refractivity contribution < 1.29 is 17.6 Å². The minimum absolute atomic E-state index is 0.109. The summed E-state index contributed by atoms with van der Waals surface area (Å²) in [5.74, 6) is -0.731. The highest BCUT2D eigenvalue weighted by Gasteiger charge is 2.36. The van der Waals surface area contributed by atoms with E-state index in [1.807, 2.05) is 0 Å². The van der Waals surface area contributed by atoms with Gasteiger partial charge in [0.05, 0.1) is 28.9 Å². The zero-order valence-electron chi connectivity index (χ0n) is 12.6.